The maximum absolute atomic E-state index is 12.2. The summed E-state index contributed by atoms with van der Waals surface area (Å²) in [5.41, 5.74) is 0. The number of aliphatic carboxylic acids is 1. The van der Waals surface area contributed by atoms with E-state index >= 15 is 0 Å². The molecule has 1 unspecified atom stereocenters. The second kappa shape index (κ2) is 6.69. The van der Waals surface area contributed by atoms with Crippen molar-refractivity contribution < 1.29 is 18.3 Å². The zero-order valence-corrected chi connectivity index (χ0v) is 12.3. The summed E-state index contributed by atoms with van der Waals surface area (Å²) in [7, 11) is -3.47. The van der Waals surface area contributed by atoms with Gasteiger partial charge in [-0.3, -0.25) is 4.79 Å². The molecule has 1 aliphatic heterocycles. The van der Waals surface area contributed by atoms with Crippen molar-refractivity contribution >= 4 is 16.2 Å². The molecule has 0 aromatic rings. The third kappa shape index (κ3) is 4.04. The molecule has 1 aliphatic carbocycles. The molecule has 0 bridgehead atoms. The van der Waals surface area contributed by atoms with Crippen molar-refractivity contribution in [1.29, 1.82) is 0 Å². The molecule has 0 aromatic carbocycles. The molecule has 20 heavy (non-hydrogen) atoms. The average Bonchev–Trinajstić information content (AvgIpc) is 2.46. The van der Waals surface area contributed by atoms with Crippen LogP contribution in [0, 0.1) is 11.8 Å². The number of rotatable bonds is 5. The second-order valence-electron chi connectivity index (χ2n) is 5.52. The van der Waals surface area contributed by atoms with Gasteiger partial charge in [-0.1, -0.05) is 12.2 Å². The second-order valence-corrected chi connectivity index (χ2v) is 7.27. The van der Waals surface area contributed by atoms with E-state index in [9.17, 15) is 13.2 Å². The number of carboxylic acids is 1. The van der Waals surface area contributed by atoms with Crippen LogP contribution in [0.3, 0.4) is 0 Å². The summed E-state index contributed by atoms with van der Waals surface area (Å²) in [4.78, 5) is 10.9. The van der Waals surface area contributed by atoms with Gasteiger partial charge in [0.25, 0.3) is 10.2 Å². The molecule has 1 atom stereocenters. The fourth-order valence-electron chi connectivity index (χ4n) is 2.70. The molecule has 2 rings (SSSR count). The predicted octanol–water partition coefficient (Wildman–Crippen LogP) is 0.974. The van der Waals surface area contributed by atoms with Crippen LogP contribution in [0.1, 0.15) is 32.1 Å². The van der Waals surface area contributed by atoms with Gasteiger partial charge in [-0.2, -0.15) is 12.7 Å². The lowest BCUT2D eigenvalue weighted by molar-refractivity contribution is -0.142. The fraction of sp³-hybridized carbons (Fsp3) is 0.769. The van der Waals surface area contributed by atoms with Crippen molar-refractivity contribution in [2.24, 2.45) is 11.8 Å². The third-order valence-corrected chi connectivity index (χ3v) is 5.65. The first-order valence-electron chi connectivity index (χ1n) is 7.11. The first kappa shape index (κ1) is 15.5. The van der Waals surface area contributed by atoms with Crippen molar-refractivity contribution in [2.45, 2.75) is 32.1 Å². The quantitative estimate of drug-likeness (QED) is 0.741. The molecule has 0 saturated carbocycles. The van der Waals surface area contributed by atoms with Crippen molar-refractivity contribution in [3.63, 3.8) is 0 Å². The van der Waals surface area contributed by atoms with Gasteiger partial charge in [0.05, 0.1) is 5.92 Å². The normalized spacial score (nSPS) is 25.7. The molecule has 7 heteroatoms. The number of allylic oxidation sites excluding steroid dienone is 2. The Hall–Kier alpha value is -0.920. The fourth-order valence-corrected chi connectivity index (χ4v) is 4.02. The Morgan fingerprint density at radius 2 is 1.95 bits per heavy atom. The minimum Gasteiger partial charge on any atom is -0.481 e. The minimum absolute atomic E-state index is 0.289. The van der Waals surface area contributed by atoms with Crippen LogP contribution in [0.2, 0.25) is 0 Å². The maximum atomic E-state index is 12.2. The summed E-state index contributed by atoms with van der Waals surface area (Å²) in [6.45, 7) is 1.04. The molecule has 0 spiro atoms. The van der Waals surface area contributed by atoms with Crippen LogP contribution in [-0.4, -0.2) is 43.4 Å². The smallest absolute Gasteiger partial charge is 0.306 e. The Morgan fingerprint density at radius 3 is 2.50 bits per heavy atom. The van der Waals surface area contributed by atoms with Crippen molar-refractivity contribution in [2.75, 3.05) is 19.6 Å². The van der Waals surface area contributed by atoms with Gasteiger partial charge in [0.15, 0.2) is 0 Å². The van der Waals surface area contributed by atoms with Crippen LogP contribution in [-0.2, 0) is 15.0 Å². The van der Waals surface area contributed by atoms with Crippen LogP contribution in [0.5, 0.6) is 0 Å². The van der Waals surface area contributed by atoms with Crippen molar-refractivity contribution in [3.05, 3.63) is 12.2 Å². The highest BCUT2D eigenvalue weighted by atomic mass is 32.2. The van der Waals surface area contributed by atoms with Crippen LogP contribution < -0.4 is 4.72 Å². The van der Waals surface area contributed by atoms with E-state index in [1.54, 1.807) is 0 Å². The Bertz CT molecular complexity index is 467. The number of nitrogens with one attached hydrogen (secondary N) is 1. The molecule has 0 aromatic heterocycles. The summed E-state index contributed by atoms with van der Waals surface area (Å²) in [6, 6.07) is 0. The van der Waals surface area contributed by atoms with Crippen LogP contribution in [0.4, 0.5) is 0 Å². The lowest BCUT2D eigenvalue weighted by Crippen LogP contribution is -2.47. The van der Waals surface area contributed by atoms with Gasteiger partial charge in [-0.05, 0) is 38.0 Å². The van der Waals surface area contributed by atoms with Gasteiger partial charge >= 0.3 is 5.97 Å². The highest BCUT2D eigenvalue weighted by Gasteiger charge is 2.31. The Labute approximate surface area is 120 Å². The molecule has 114 valence electrons. The van der Waals surface area contributed by atoms with Crippen LogP contribution in [0.15, 0.2) is 12.2 Å². The molecule has 1 saturated heterocycles. The maximum Gasteiger partial charge on any atom is 0.306 e. The Balaban J connectivity index is 1.81. The van der Waals surface area contributed by atoms with Gasteiger partial charge in [-0.15, -0.1) is 0 Å². The molecule has 6 nitrogen and oxygen atoms in total. The van der Waals surface area contributed by atoms with Crippen LogP contribution in [0.25, 0.3) is 0 Å². The van der Waals surface area contributed by atoms with E-state index in [4.69, 9.17) is 5.11 Å². The number of hydrogen-bond donors (Lipinski definition) is 2. The van der Waals surface area contributed by atoms with E-state index in [1.165, 1.54) is 4.31 Å². The summed E-state index contributed by atoms with van der Waals surface area (Å²) in [6.07, 6.45) is 7.95. The number of nitrogens with zero attached hydrogens (tertiary/aromatic N) is 1. The number of piperidine rings is 1. The summed E-state index contributed by atoms with van der Waals surface area (Å²) in [5, 5.41) is 8.91. The molecule has 1 fully saturated rings. The van der Waals surface area contributed by atoms with E-state index in [0.29, 0.717) is 25.3 Å². The lowest BCUT2D eigenvalue weighted by Gasteiger charge is -2.30. The van der Waals surface area contributed by atoms with E-state index in [2.05, 4.69) is 16.9 Å². The van der Waals surface area contributed by atoms with Gasteiger partial charge in [0.2, 0.25) is 0 Å². The van der Waals surface area contributed by atoms with Crippen molar-refractivity contribution in [1.82, 2.24) is 9.03 Å². The first-order valence-corrected chi connectivity index (χ1v) is 8.55. The topological polar surface area (TPSA) is 86.7 Å². The summed E-state index contributed by atoms with van der Waals surface area (Å²) >= 11 is 0. The van der Waals surface area contributed by atoms with E-state index in [1.807, 2.05) is 0 Å². The Morgan fingerprint density at radius 1 is 1.25 bits per heavy atom. The largest absolute Gasteiger partial charge is 0.481 e. The van der Waals surface area contributed by atoms with E-state index in [-0.39, 0.29) is 13.1 Å². The molecule has 0 amide bonds. The number of hydrogen-bond acceptors (Lipinski definition) is 3. The van der Waals surface area contributed by atoms with E-state index in [0.717, 1.165) is 19.3 Å². The molecule has 0 radical (unpaired) electrons. The Kier molecular flexibility index (Phi) is 5.17. The first-order chi connectivity index (χ1) is 9.49. The monoisotopic (exact) mass is 302 g/mol. The standard InChI is InChI=1S/C13H22N2O4S/c16-13(17)12-6-8-15(9-7-12)20(18,19)14-10-11-4-2-1-3-5-11/h1-2,11-12,14H,3-10H2,(H,16,17). The van der Waals surface area contributed by atoms with Gasteiger partial charge in [0.1, 0.15) is 0 Å². The molecular weight excluding hydrogens is 280 g/mol. The summed E-state index contributed by atoms with van der Waals surface area (Å²) in [5.74, 6) is -0.875. The SMILES string of the molecule is O=C(O)C1CCN(S(=O)(=O)NCC2CC=CCC2)CC1. The highest BCUT2D eigenvalue weighted by Crippen LogP contribution is 2.20. The average molecular weight is 302 g/mol. The van der Waals surface area contributed by atoms with Crippen LogP contribution >= 0.6 is 0 Å². The van der Waals surface area contributed by atoms with Gasteiger partial charge < -0.3 is 5.11 Å². The lowest BCUT2D eigenvalue weighted by atomic mass is 9.95. The van der Waals surface area contributed by atoms with Gasteiger partial charge in [0, 0.05) is 19.6 Å². The molecule has 2 N–H and O–H groups in total. The molecule has 2 aliphatic rings. The van der Waals surface area contributed by atoms with Crippen molar-refractivity contribution in [3.8, 4) is 0 Å². The zero-order valence-electron chi connectivity index (χ0n) is 11.5. The highest BCUT2D eigenvalue weighted by molar-refractivity contribution is 7.87. The van der Waals surface area contributed by atoms with E-state index < -0.39 is 22.1 Å². The van der Waals surface area contributed by atoms with Gasteiger partial charge in [-0.25, -0.2) is 4.72 Å². The summed E-state index contributed by atoms with van der Waals surface area (Å²) < 4.78 is 28.3. The zero-order chi connectivity index (χ0) is 14.6. The number of carbonyl (C=O) groups is 1. The predicted molar refractivity (Wildman–Crippen MR) is 75.3 cm³/mol. The number of carboxylic acid groups (broad SMARTS) is 1. The third-order valence-electron chi connectivity index (χ3n) is 4.08. The molecule has 1 heterocycles. The molecular formula is C13H22N2O4S. The minimum atomic E-state index is -3.47.